The standard InChI is InChI=1S/C15H20N4OS/c1-3-4-13(16)14(20)18-11-5-7-12(8-6-11)21-15-17-9-10-19(15)2/h5-10,13H,3-4,16H2,1-2H3,(H,18,20). The van der Waals surface area contributed by atoms with Crippen molar-refractivity contribution in [2.45, 2.75) is 35.9 Å². The van der Waals surface area contributed by atoms with Gasteiger partial charge in [-0.2, -0.15) is 0 Å². The summed E-state index contributed by atoms with van der Waals surface area (Å²) in [6, 6.07) is 7.22. The van der Waals surface area contributed by atoms with E-state index >= 15 is 0 Å². The molecule has 1 heterocycles. The molecular formula is C15H20N4OS. The summed E-state index contributed by atoms with van der Waals surface area (Å²) in [4.78, 5) is 17.2. The van der Waals surface area contributed by atoms with Gasteiger partial charge in [0.2, 0.25) is 5.91 Å². The summed E-state index contributed by atoms with van der Waals surface area (Å²) in [6.07, 6.45) is 5.27. The Morgan fingerprint density at radius 2 is 2.14 bits per heavy atom. The molecule has 0 bridgehead atoms. The number of hydrogen-bond acceptors (Lipinski definition) is 4. The van der Waals surface area contributed by atoms with Crippen LogP contribution in [0.25, 0.3) is 0 Å². The van der Waals surface area contributed by atoms with E-state index in [1.54, 1.807) is 18.0 Å². The van der Waals surface area contributed by atoms with Gasteiger partial charge in [-0.05, 0) is 30.7 Å². The van der Waals surface area contributed by atoms with E-state index in [1.807, 2.05) is 49.0 Å². The molecule has 21 heavy (non-hydrogen) atoms. The van der Waals surface area contributed by atoms with Crippen LogP contribution >= 0.6 is 11.8 Å². The van der Waals surface area contributed by atoms with Gasteiger partial charge in [-0.1, -0.05) is 25.1 Å². The zero-order valence-corrected chi connectivity index (χ0v) is 13.1. The van der Waals surface area contributed by atoms with Gasteiger partial charge in [0.05, 0.1) is 6.04 Å². The average Bonchev–Trinajstić information content (AvgIpc) is 2.86. The van der Waals surface area contributed by atoms with E-state index in [2.05, 4.69) is 10.3 Å². The molecule has 6 heteroatoms. The number of benzene rings is 1. The third-order valence-electron chi connectivity index (χ3n) is 3.04. The maximum atomic E-state index is 11.8. The van der Waals surface area contributed by atoms with E-state index in [0.29, 0.717) is 6.42 Å². The molecule has 3 N–H and O–H groups in total. The summed E-state index contributed by atoms with van der Waals surface area (Å²) in [5.74, 6) is -0.138. The number of nitrogens with zero attached hydrogens (tertiary/aromatic N) is 2. The Kier molecular flexibility index (Phi) is 5.41. The summed E-state index contributed by atoms with van der Waals surface area (Å²) >= 11 is 1.58. The Hall–Kier alpha value is -1.79. The van der Waals surface area contributed by atoms with Gasteiger partial charge in [-0.25, -0.2) is 4.98 Å². The number of amides is 1. The predicted molar refractivity (Wildman–Crippen MR) is 85.3 cm³/mol. The van der Waals surface area contributed by atoms with Crippen LogP contribution in [0, 0.1) is 0 Å². The zero-order valence-electron chi connectivity index (χ0n) is 12.2. The minimum atomic E-state index is -0.448. The van der Waals surface area contributed by atoms with Gasteiger partial charge in [0, 0.05) is 30.0 Å². The van der Waals surface area contributed by atoms with E-state index in [-0.39, 0.29) is 5.91 Å². The number of imidazole rings is 1. The van der Waals surface area contributed by atoms with Gasteiger partial charge >= 0.3 is 0 Å². The van der Waals surface area contributed by atoms with Gasteiger partial charge in [0.25, 0.3) is 0 Å². The number of nitrogens with two attached hydrogens (primary N) is 1. The third kappa shape index (κ3) is 4.34. The largest absolute Gasteiger partial charge is 0.329 e. The topological polar surface area (TPSA) is 72.9 Å². The molecule has 0 fully saturated rings. The van der Waals surface area contributed by atoms with Crippen molar-refractivity contribution in [2.75, 3.05) is 5.32 Å². The Morgan fingerprint density at radius 1 is 1.43 bits per heavy atom. The molecule has 0 spiro atoms. The number of carbonyl (C=O) groups is 1. The molecule has 2 rings (SSSR count). The summed E-state index contributed by atoms with van der Waals surface area (Å²) in [5, 5.41) is 3.76. The first-order chi connectivity index (χ1) is 10.1. The van der Waals surface area contributed by atoms with Gasteiger partial charge in [0.1, 0.15) is 0 Å². The second kappa shape index (κ2) is 7.28. The van der Waals surface area contributed by atoms with Gasteiger partial charge < -0.3 is 15.6 Å². The van der Waals surface area contributed by atoms with Crippen molar-refractivity contribution < 1.29 is 4.79 Å². The minimum Gasteiger partial charge on any atom is -0.329 e. The van der Waals surface area contributed by atoms with Crippen LogP contribution in [0.4, 0.5) is 5.69 Å². The lowest BCUT2D eigenvalue weighted by Crippen LogP contribution is -2.35. The lowest BCUT2D eigenvalue weighted by atomic mass is 10.1. The van der Waals surface area contributed by atoms with Crippen LogP contribution in [-0.2, 0) is 11.8 Å². The molecule has 1 aromatic heterocycles. The number of rotatable bonds is 6. The van der Waals surface area contributed by atoms with Crippen molar-refractivity contribution in [2.24, 2.45) is 12.8 Å². The number of anilines is 1. The highest BCUT2D eigenvalue weighted by molar-refractivity contribution is 7.99. The van der Waals surface area contributed by atoms with Crippen LogP contribution in [0.1, 0.15) is 19.8 Å². The van der Waals surface area contributed by atoms with Gasteiger partial charge in [-0.3, -0.25) is 4.79 Å². The SMILES string of the molecule is CCCC(N)C(=O)Nc1ccc(Sc2nccn2C)cc1. The summed E-state index contributed by atoms with van der Waals surface area (Å²) in [7, 11) is 1.96. The molecule has 0 aliphatic rings. The van der Waals surface area contributed by atoms with Crippen molar-refractivity contribution in [3.63, 3.8) is 0 Å². The fraction of sp³-hybridized carbons (Fsp3) is 0.333. The highest BCUT2D eigenvalue weighted by Gasteiger charge is 2.12. The molecule has 1 atom stereocenters. The van der Waals surface area contributed by atoms with Crippen molar-refractivity contribution in [3.05, 3.63) is 36.7 Å². The quantitative estimate of drug-likeness (QED) is 0.860. The third-order valence-corrected chi connectivity index (χ3v) is 4.13. The van der Waals surface area contributed by atoms with Crippen molar-refractivity contribution in [1.29, 1.82) is 0 Å². The first kappa shape index (κ1) is 15.6. The Bertz CT molecular complexity index is 594. The monoisotopic (exact) mass is 304 g/mol. The minimum absolute atomic E-state index is 0.138. The fourth-order valence-corrected chi connectivity index (χ4v) is 2.64. The van der Waals surface area contributed by atoms with Crippen molar-refractivity contribution in [1.82, 2.24) is 9.55 Å². The molecule has 2 aromatic rings. The van der Waals surface area contributed by atoms with Gasteiger partial charge in [0.15, 0.2) is 5.16 Å². The molecule has 0 saturated heterocycles. The Labute approximate surface area is 128 Å². The second-order valence-electron chi connectivity index (χ2n) is 4.83. The van der Waals surface area contributed by atoms with E-state index in [0.717, 1.165) is 22.2 Å². The highest BCUT2D eigenvalue weighted by Crippen LogP contribution is 2.26. The summed E-state index contributed by atoms with van der Waals surface area (Å²) in [5.41, 5.74) is 6.55. The normalized spacial score (nSPS) is 12.1. The van der Waals surface area contributed by atoms with Crippen LogP contribution in [0.3, 0.4) is 0 Å². The molecule has 0 saturated carbocycles. The van der Waals surface area contributed by atoms with Crippen LogP contribution < -0.4 is 11.1 Å². The molecule has 0 aliphatic heterocycles. The smallest absolute Gasteiger partial charge is 0.241 e. The average molecular weight is 304 g/mol. The number of aromatic nitrogens is 2. The van der Waals surface area contributed by atoms with Crippen LogP contribution in [-0.4, -0.2) is 21.5 Å². The van der Waals surface area contributed by atoms with Gasteiger partial charge in [-0.15, -0.1) is 0 Å². The van der Waals surface area contributed by atoms with Crippen LogP contribution in [0.2, 0.25) is 0 Å². The van der Waals surface area contributed by atoms with Crippen LogP contribution in [0.5, 0.6) is 0 Å². The zero-order chi connectivity index (χ0) is 15.2. The molecule has 112 valence electrons. The molecule has 5 nitrogen and oxygen atoms in total. The number of nitrogens with one attached hydrogen (secondary N) is 1. The lowest BCUT2D eigenvalue weighted by molar-refractivity contribution is -0.117. The predicted octanol–water partition coefficient (Wildman–Crippen LogP) is 2.64. The van der Waals surface area contributed by atoms with E-state index in [9.17, 15) is 4.79 Å². The Morgan fingerprint density at radius 3 is 2.71 bits per heavy atom. The molecule has 1 unspecified atom stereocenters. The summed E-state index contributed by atoms with van der Waals surface area (Å²) in [6.45, 7) is 2.01. The summed E-state index contributed by atoms with van der Waals surface area (Å²) < 4.78 is 1.96. The first-order valence-electron chi connectivity index (χ1n) is 6.92. The van der Waals surface area contributed by atoms with Crippen LogP contribution in [0.15, 0.2) is 46.7 Å². The number of hydrogen-bond donors (Lipinski definition) is 2. The lowest BCUT2D eigenvalue weighted by Gasteiger charge is -2.11. The fourth-order valence-electron chi connectivity index (χ4n) is 1.84. The molecule has 1 aromatic carbocycles. The highest BCUT2D eigenvalue weighted by atomic mass is 32.2. The second-order valence-corrected chi connectivity index (χ2v) is 5.87. The van der Waals surface area contributed by atoms with E-state index in [4.69, 9.17) is 5.73 Å². The van der Waals surface area contributed by atoms with E-state index < -0.39 is 6.04 Å². The molecular weight excluding hydrogens is 284 g/mol. The van der Waals surface area contributed by atoms with Crippen molar-refractivity contribution >= 4 is 23.4 Å². The molecule has 0 aliphatic carbocycles. The molecule has 0 radical (unpaired) electrons. The number of carbonyl (C=O) groups excluding carboxylic acids is 1. The number of aryl methyl sites for hydroxylation is 1. The van der Waals surface area contributed by atoms with Crippen molar-refractivity contribution in [3.8, 4) is 0 Å². The maximum Gasteiger partial charge on any atom is 0.241 e. The molecule has 1 amide bonds. The van der Waals surface area contributed by atoms with E-state index in [1.165, 1.54) is 0 Å². The first-order valence-corrected chi connectivity index (χ1v) is 7.73. The maximum absolute atomic E-state index is 11.8. The Balaban J connectivity index is 1.96.